The Morgan fingerprint density at radius 3 is 2.47 bits per heavy atom. The van der Waals surface area contributed by atoms with Crippen LogP contribution < -0.4 is 10.6 Å². The van der Waals surface area contributed by atoms with Gasteiger partial charge in [0.05, 0.1) is 16.6 Å². The molecule has 1 aromatic rings. The van der Waals surface area contributed by atoms with E-state index in [1.807, 2.05) is 0 Å². The molecule has 1 aromatic carbocycles. The Balaban J connectivity index is 1.95. The minimum absolute atomic E-state index is 0.114. The number of hydrogen-bond acceptors (Lipinski definition) is 3. The number of carbonyl (C=O) groups is 1. The van der Waals surface area contributed by atoms with Gasteiger partial charge in [0.2, 0.25) is 5.91 Å². The predicted molar refractivity (Wildman–Crippen MR) is 67.8 cm³/mol. The van der Waals surface area contributed by atoms with Crippen LogP contribution in [0.4, 0.5) is 5.69 Å². The normalized spacial score (nSPS) is 14.7. The highest BCUT2D eigenvalue weighted by atomic mass is 35.5. The van der Waals surface area contributed by atoms with E-state index in [1.54, 1.807) is 0 Å². The maximum Gasteiger partial charge on any atom is 0.238 e. The lowest BCUT2D eigenvalue weighted by Crippen LogP contribution is -2.29. The van der Waals surface area contributed by atoms with Crippen molar-refractivity contribution in [2.24, 2.45) is 0 Å². The summed E-state index contributed by atoms with van der Waals surface area (Å²) in [6, 6.07) is 3.39. The second kappa shape index (κ2) is 5.12. The number of phenols is 1. The van der Waals surface area contributed by atoms with Crippen molar-refractivity contribution < 1.29 is 9.90 Å². The predicted octanol–water partition coefficient (Wildman–Crippen LogP) is 2.39. The first-order valence-electron chi connectivity index (χ1n) is 5.27. The quantitative estimate of drug-likeness (QED) is 0.739. The third-order valence-corrected chi connectivity index (χ3v) is 3.01. The average molecular weight is 275 g/mol. The lowest BCUT2D eigenvalue weighted by Gasteiger charge is -2.08. The van der Waals surface area contributed by atoms with Crippen LogP contribution in [-0.4, -0.2) is 23.6 Å². The molecule has 3 N–H and O–H groups in total. The molecule has 0 radical (unpaired) electrons. The molecule has 0 aromatic heterocycles. The fraction of sp³-hybridized carbons (Fsp3) is 0.364. The van der Waals surface area contributed by atoms with Crippen molar-refractivity contribution in [2.75, 3.05) is 11.9 Å². The lowest BCUT2D eigenvalue weighted by molar-refractivity contribution is -0.115. The molecule has 0 aliphatic heterocycles. The molecule has 92 valence electrons. The fourth-order valence-corrected chi connectivity index (χ4v) is 1.85. The molecule has 1 aliphatic carbocycles. The Hall–Kier alpha value is -0.970. The minimum Gasteiger partial charge on any atom is -0.505 e. The average Bonchev–Trinajstić information content (AvgIpc) is 3.07. The van der Waals surface area contributed by atoms with Crippen LogP contribution in [-0.2, 0) is 4.79 Å². The van der Waals surface area contributed by atoms with E-state index in [1.165, 1.54) is 12.1 Å². The van der Waals surface area contributed by atoms with Gasteiger partial charge in [-0.15, -0.1) is 0 Å². The van der Waals surface area contributed by atoms with Gasteiger partial charge >= 0.3 is 0 Å². The summed E-state index contributed by atoms with van der Waals surface area (Å²) in [7, 11) is 0. The Bertz CT molecular complexity index is 424. The summed E-state index contributed by atoms with van der Waals surface area (Å²) in [5.74, 6) is -0.336. The van der Waals surface area contributed by atoms with Crippen LogP contribution in [0.25, 0.3) is 0 Å². The number of phenolic OH excluding ortho intramolecular Hbond substituents is 1. The molecule has 4 nitrogen and oxygen atoms in total. The molecule has 17 heavy (non-hydrogen) atoms. The van der Waals surface area contributed by atoms with Crippen LogP contribution in [0.5, 0.6) is 5.75 Å². The second-order valence-electron chi connectivity index (χ2n) is 3.99. The number of benzene rings is 1. The van der Waals surface area contributed by atoms with Crippen LogP contribution in [0.3, 0.4) is 0 Å². The highest BCUT2D eigenvalue weighted by molar-refractivity contribution is 6.37. The van der Waals surface area contributed by atoms with Crippen molar-refractivity contribution in [1.82, 2.24) is 5.32 Å². The molecule has 0 atom stereocenters. The largest absolute Gasteiger partial charge is 0.505 e. The summed E-state index contributed by atoms with van der Waals surface area (Å²) in [5.41, 5.74) is 0.473. The standard InChI is InChI=1S/C11H12Cl2N2O2/c12-8-3-7(4-9(13)11(8)17)15-10(16)5-14-6-1-2-6/h3-4,6,14,17H,1-2,5H2,(H,15,16). The van der Waals surface area contributed by atoms with Gasteiger partial charge in [-0.05, 0) is 25.0 Å². The Labute approximate surface area is 109 Å². The zero-order valence-electron chi connectivity index (χ0n) is 8.96. The molecule has 0 heterocycles. The number of hydrogen-bond donors (Lipinski definition) is 3. The van der Waals surface area contributed by atoms with Crippen LogP contribution >= 0.6 is 23.2 Å². The SMILES string of the molecule is O=C(CNC1CC1)Nc1cc(Cl)c(O)c(Cl)c1. The molecule has 1 fully saturated rings. The molecule has 2 rings (SSSR count). The number of amides is 1. The number of rotatable bonds is 4. The molecule has 0 bridgehead atoms. The fourth-order valence-electron chi connectivity index (χ4n) is 1.37. The molecular weight excluding hydrogens is 263 g/mol. The van der Waals surface area contributed by atoms with Gasteiger partial charge in [-0.25, -0.2) is 0 Å². The van der Waals surface area contributed by atoms with E-state index in [2.05, 4.69) is 10.6 Å². The summed E-state index contributed by atoms with van der Waals surface area (Å²) in [6.07, 6.45) is 2.26. The number of halogens is 2. The summed E-state index contributed by atoms with van der Waals surface area (Å²) in [5, 5.41) is 15.3. The first-order chi connectivity index (χ1) is 8.06. The highest BCUT2D eigenvalue weighted by Crippen LogP contribution is 2.34. The maximum atomic E-state index is 11.5. The van der Waals surface area contributed by atoms with E-state index in [0.29, 0.717) is 11.7 Å². The topological polar surface area (TPSA) is 61.4 Å². The first kappa shape index (κ1) is 12.5. The van der Waals surface area contributed by atoms with Gasteiger partial charge in [-0.2, -0.15) is 0 Å². The van der Waals surface area contributed by atoms with Gasteiger partial charge in [0, 0.05) is 11.7 Å². The molecule has 1 amide bonds. The molecule has 0 spiro atoms. The summed E-state index contributed by atoms with van der Waals surface area (Å²) >= 11 is 11.5. The summed E-state index contributed by atoms with van der Waals surface area (Å²) in [6.45, 7) is 0.265. The van der Waals surface area contributed by atoms with Gasteiger partial charge in [0.1, 0.15) is 0 Å². The zero-order valence-corrected chi connectivity index (χ0v) is 10.5. The highest BCUT2D eigenvalue weighted by Gasteiger charge is 2.21. The van der Waals surface area contributed by atoms with Crippen LogP contribution in [0.15, 0.2) is 12.1 Å². The summed E-state index contributed by atoms with van der Waals surface area (Å²) in [4.78, 5) is 11.5. The van der Waals surface area contributed by atoms with Crippen molar-refractivity contribution >= 4 is 34.8 Å². The van der Waals surface area contributed by atoms with Crippen molar-refractivity contribution in [2.45, 2.75) is 18.9 Å². The minimum atomic E-state index is -0.178. The molecule has 6 heteroatoms. The first-order valence-corrected chi connectivity index (χ1v) is 6.03. The number of carbonyl (C=O) groups excluding carboxylic acids is 1. The van der Waals surface area contributed by atoms with E-state index in [-0.39, 0.29) is 28.2 Å². The van der Waals surface area contributed by atoms with E-state index < -0.39 is 0 Å². The number of anilines is 1. The van der Waals surface area contributed by atoms with Gasteiger partial charge in [0.25, 0.3) is 0 Å². The van der Waals surface area contributed by atoms with Gasteiger partial charge in [-0.1, -0.05) is 23.2 Å². The Morgan fingerprint density at radius 1 is 1.35 bits per heavy atom. The van der Waals surface area contributed by atoms with Gasteiger partial charge < -0.3 is 15.7 Å². The Morgan fingerprint density at radius 2 is 1.94 bits per heavy atom. The van der Waals surface area contributed by atoms with Crippen molar-refractivity contribution in [3.05, 3.63) is 22.2 Å². The van der Waals surface area contributed by atoms with Gasteiger partial charge in [0.15, 0.2) is 5.75 Å². The molecule has 1 saturated carbocycles. The smallest absolute Gasteiger partial charge is 0.238 e. The van der Waals surface area contributed by atoms with E-state index in [0.717, 1.165) is 12.8 Å². The van der Waals surface area contributed by atoms with E-state index in [9.17, 15) is 9.90 Å². The van der Waals surface area contributed by atoms with Crippen LogP contribution in [0.1, 0.15) is 12.8 Å². The third-order valence-electron chi connectivity index (χ3n) is 2.43. The van der Waals surface area contributed by atoms with Crippen molar-refractivity contribution in [3.8, 4) is 5.75 Å². The van der Waals surface area contributed by atoms with Crippen LogP contribution in [0.2, 0.25) is 10.0 Å². The van der Waals surface area contributed by atoms with E-state index >= 15 is 0 Å². The molecule has 0 saturated heterocycles. The second-order valence-corrected chi connectivity index (χ2v) is 4.81. The zero-order chi connectivity index (χ0) is 12.4. The number of nitrogens with one attached hydrogen (secondary N) is 2. The maximum absolute atomic E-state index is 11.5. The third kappa shape index (κ3) is 3.49. The monoisotopic (exact) mass is 274 g/mol. The van der Waals surface area contributed by atoms with Crippen LogP contribution in [0, 0.1) is 0 Å². The lowest BCUT2D eigenvalue weighted by atomic mass is 10.3. The molecule has 0 unspecified atom stereocenters. The molecular formula is C11H12Cl2N2O2. The van der Waals surface area contributed by atoms with E-state index in [4.69, 9.17) is 23.2 Å². The van der Waals surface area contributed by atoms with Crippen molar-refractivity contribution in [1.29, 1.82) is 0 Å². The molecule has 1 aliphatic rings. The van der Waals surface area contributed by atoms with Gasteiger partial charge in [-0.3, -0.25) is 4.79 Å². The summed E-state index contributed by atoms with van der Waals surface area (Å²) < 4.78 is 0. The Kier molecular flexibility index (Phi) is 3.76. The number of aromatic hydroxyl groups is 1. The van der Waals surface area contributed by atoms with Crippen molar-refractivity contribution in [3.63, 3.8) is 0 Å².